The summed E-state index contributed by atoms with van der Waals surface area (Å²) in [5, 5.41) is 22.3. The van der Waals surface area contributed by atoms with Crippen LogP contribution in [0.15, 0.2) is 39.5 Å². The first-order valence-corrected chi connectivity index (χ1v) is 11.7. The van der Waals surface area contributed by atoms with E-state index in [9.17, 15) is 18.0 Å². The maximum Gasteiger partial charge on any atom is 0.490 e. The first kappa shape index (κ1) is 23.5. The summed E-state index contributed by atoms with van der Waals surface area (Å²) in [5.41, 5.74) is 2.24. The third-order valence-electron chi connectivity index (χ3n) is 5.47. The number of nitrogens with zero attached hydrogens (tertiary/aromatic N) is 3. The lowest BCUT2D eigenvalue weighted by molar-refractivity contribution is -0.192. The summed E-state index contributed by atoms with van der Waals surface area (Å²) in [6, 6.07) is 8.88. The molecule has 3 saturated heterocycles. The lowest BCUT2D eigenvalue weighted by Crippen LogP contribution is -2.61. The van der Waals surface area contributed by atoms with Crippen molar-refractivity contribution in [1.29, 1.82) is 0 Å². The Morgan fingerprint density at radius 2 is 1.94 bits per heavy atom. The minimum atomic E-state index is -5.08. The number of fused-ring (bicyclic) bond motifs is 4. The van der Waals surface area contributed by atoms with Crippen LogP contribution in [0.1, 0.15) is 23.3 Å². The second-order valence-electron chi connectivity index (χ2n) is 7.63. The number of amides is 1. The summed E-state index contributed by atoms with van der Waals surface area (Å²) in [6.07, 6.45) is -2.65. The second-order valence-corrected chi connectivity index (χ2v) is 9.22. The molecular formula is C20H19BrF3N5O3S. The number of rotatable bonds is 3. The van der Waals surface area contributed by atoms with Crippen molar-refractivity contribution >= 4 is 56.2 Å². The lowest BCUT2D eigenvalue weighted by atomic mass is 9.93. The molecule has 3 aliphatic rings. The van der Waals surface area contributed by atoms with Crippen LogP contribution >= 0.6 is 27.3 Å². The minimum Gasteiger partial charge on any atom is -0.475 e. The van der Waals surface area contributed by atoms with Crippen LogP contribution in [0.3, 0.4) is 0 Å². The van der Waals surface area contributed by atoms with Crippen LogP contribution in [0.25, 0.3) is 5.52 Å². The number of carboxylic acid groups (broad SMARTS) is 1. The normalized spacial score (nSPS) is 19.8. The molecule has 0 aliphatic carbocycles. The zero-order valence-electron chi connectivity index (χ0n) is 17.0. The lowest BCUT2D eigenvalue weighted by Gasteiger charge is -2.46. The van der Waals surface area contributed by atoms with Gasteiger partial charge in [0.15, 0.2) is 0 Å². The maximum atomic E-state index is 12.7. The zero-order valence-corrected chi connectivity index (χ0v) is 19.4. The first-order chi connectivity index (χ1) is 15.6. The number of aromatic nitrogens is 2. The number of hydrogen-bond acceptors (Lipinski definition) is 6. The molecule has 3 N–H and O–H groups in total. The van der Waals surface area contributed by atoms with E-state index in [1.807, 2.05) is 29.0 Å². The Bertz CT molecular complexity index is 1170. The molecule has 3 fully saturated rings. The van der Waals surface area contributed by atoms with Crippen molar-refractivity contribution in [1.82, 2.24) is 14.9 Å². The van der Waals surface area contributed by atoms with Crippen LogP contribution < -0.4 is 15.5 Å². The highest BCUT2D eigenvalue weighted by molar-refractivity contribution is 9.10. The van der Waals surface area contributed by atoms with Gasteiger partial charge in [-0.1, -0.05) is 0 Å². The van der Waals surface area contributed by atoms with Crippen molar-refractivity contribution in [2.45, 2.75) is 31.1 Å². The number of nitrogens with one attached hydrogen (secondary N) is 2. The Hall–Kier alpha value is -2.64. The van der Waals surface area contributed by atoms with Crippen molar-refractivity contribution in [3.8, 4) is 0 Å². The number of carbonyl (C=O) groups excluding carboxylic acids is 1. The van der Waals surface area contributed by atoms with E-state index in [1.54, 1.807) is 15.9 Å². The molecule has 3 aromatic rings. The number of thiophene rings is 1. The van der Waals surface area contributed by atoms with Gasteiger partial charge in [0.1, 0.15) is 11.5 Å². The summed E-state index contributed by atoms with van der Waals surface area (Å²) in [4.78, 5) is 24.0. The molecule has 6 rings (SSSR count). The predicted molar refractivity (Wildman–Crippen MR) is 121 cm³/mol. The molecule has 0 spiro atoms. The molecule has 2 atom stereocenters. The van der Waals surface area contributed by atoms with E-state index in [-0.39, 0.29) is 5.91 Å². The van der Waals surface area contributed by atoms with E-state index >= 15 is 0 Å². The molecule has 13 heteroatoms. The van der Waals surface area contributed by atoms with Gasteiger partial charge in [0, 0.05) is 35.9 Å². The zero-order chi connectivity index (χ0) is 23.8. The molecule has 0 saturated carbocycles. The molecule has 2 bridgehead atoms. The van der Waals surface area contributed by atoms with Gasteiger partial charge in [-0.15, -0.1) is 16.4 Å². The fourth-order valence-corrected chi connectivity index (χ4v) is 5.17. The second kappa shape index (κ2) is 9.31. The molecule has 3 aromatic heterocycles. The van der Waals surface area contributed by atoms with Gasteiger partial charge in [-0.05, 0) is 53.0 Å². The Labute approximate surface area is 198 Å². The van der Waals surface area contributed by atoms with E-state index in [2.05, 4.69) is 37.5 Å². The van der Waals surface area contributed by atoms with E-state index in [0.29, 0.717) is 17.8 Å². The monoisotopic (exact) mass is 545 g/mol. The van der Waals surface area contributed by atoms with Gasteiger partial charge in [-0.3, -0.25) is 4.79 Å². The maximum absolute atomic E-state index is 12.7. The number of aliphatic carboxylic acids is 1. The Morgan fingerprint density at radius 1 is 1.21 bits per heavy atom. The van der Waals surface area contributed by atoms with Crippen LogP contribution in [-0.2, 0) is 4.79 Å². The predicted octanol–water partition coefficient (Wildman–Crippen LogP) is 3.98. The van der Waals surface area contributed by atoms with Crippen LogP contribution in [-0.4, -0.2) is 57.9 Å². The summed E-state index contributed by atoms with van der Waals surface area (Å²) in [7, 11) is 0. The molecule has 0 aromatic carbocycles. The molecule has 0 radical (unpaired) electrons. The van der Waals surface area contributed by atoms with Gasteiger partial charge in [0.25, 0.3) is 5.91 Å². The largest absolute Gasteiger partial charge is 0.490 e. The molecule has 33 heavy (non-hydrogen) atoms. The summed E-state index contributed by atoms with van der Waals surface area (Å²) in [5.74, 6) is -1.97. The molecule has 1 amide bonds. The van der Waals surface area contributed by atoms with E-state index in [0.717, 1.165) is 34.6 Å². The number of carbonyl (C=O) groups is 2. The Morgan fingerprint density at radius 3 is 2.48 bits per heavy atom. The number of piperidine rings is 2. The first-order valence-electron chi connectivity index (χ1n) is 9.95. The SMILES string of the molecule is O=C(Nc1cscc1Br)c1ccc2ccc(N3CC4CCC3CN4)nn12.O=C(O)C(F)(F)F. The third kappa shape index (κ3) is 5.14. The highest BCUT2D eigenvalue weighted by atomic mass is 79.9. The highest BCUT2D eigenvalue weighted by Crippen LogP contribution is 2.29. The number of anilines is 2. The van der Waals surface area contributed by atoms with Crippen LogP contribution in [0.4, 0.5) is 24.7 Å². The van der Waals surface area contributed by atoms with Crippen molar-refractivity contribution < 1.29 is 27.9 Å². The van der Waals surface area contributed by atoms with E-state index in [1.165, 1.54) is 12.8 Å². The van der Waals surface area contributed by atoms with Crippen LogP contribution in [0.5, 0.6) is 0 Å². The summed E-state index contributed by atoms with van der Waals surface area (Å²) < 4.78 is 34.4. The van der Waals surface area contributed by atoms with E-state index in [4.69, 9.17) is 15.0 Å². The average molecular weight is 546 g/mol. The fraction of sp³-hybridized carbons (Fsp3) is 0.350. The van der Waals surface area contributed by atoms with E-state index < -0.39 is 12.1 Å². The number of alkyl halides is 3. The van der Waals surface area contributed by atoms with Crippen molar-refractivity contribution in [2.75, 3.05) is 23.3 Å². The smallest absolute Gasteiger partial charge is 0.475 e. The molecule has 176 valence electrons. The average Bonchev–Trinajstić information content (AvgIpc) is 3.40. The van der Waals surface area contributed by atoms with Gasteiger partial charge in [0.2, 0.25) is 0 Å². The van der Waals surface area contributed by atoms with Crippen molar-refractivity contribution in [3.63, 3.8) is 0 Å². The number of piperazine rings is 1. The molecular weight excluding hydrogens is 527 g/mol. The van der Waals surface area contributed by atoms with Crippen LogP contribution in [0, 0.1) is 0 Å². The highest BCUT2D eigenvalue weighted by Gasteiger charge is 2.38. The topological polar surface area (TPSA) is 99.0 Å². The Balaban J connectivity index is 0.000000325. The third-order valence-corrected chi connectivity index (χ3v) is 7.17. The molecule has 3 aliphatic heterocycles. The number of hydrogen-bond donors (Lipinski definition) is 3. The minimum absolute atomic E-state index is 0.157. The van der Waals surface area contributed by atoms with Gasteiger partial charge in [0.05, 0.1) is 15.7 Å². The molecule has 2 unspecified atom stereocenters. The quantitative estimate of drug-likeness (QED) is 0.460. The van der Waals surface area contributed by atoms with Crippen molar-refractivity contribution in [2.24, 2.45) is 0 Å². The Kier molecular flexibility index (Phi) is 6.64. The number of carboxylic acids is 1. The van der Waals surface area contributed by atoms with Gasteiger partial charge in [-0.2, -0.15) is 13.2 Å². The summed E-state index contributed by atoms with van der Waals surface area (Å²) >= 11 is 4.99. The van der Waals surface area contributed by atoms with Crippen LogP contribution in [0.2, 0.25) is 0 Å². The summed E-state index contributed by atoms with van der Waals surface area (Å²) in [6.45, 7) is 1.99. The fourth-order valence-electron chi connectivity index (χ4n) is 3.85. The number of halogens is 4. The van der Waals surface area contributed by atoms with Crippen molar-refractivity contribution in [3.05, 3.63) is 45.2 Å². The molecule has 8 nitrogen and oxygen atoms in total. The molecule has 6 heterocycles. The van der Waals surface area contributed by atoms with Gasteiger partial charge in [-0.25, -0.2) is 9.31 Å². The van der Waals surface area contributed by atoms with Gasteiger partial charge < -0.3 is 20.6 Å². The standard InChI is InChI=1S/C18H18BrN5OS.C2HF3O2/c19-14-9-26-10-15(14)21-18(25)16-5-3-12-4-6-17(22-24(12)16)23-8-11-1-2-13(23)7-20-11;3-2(4,5)1(6)7/h3-6,9-11,13,20H,1-2,7-8H2,(H,21,25);(H,6,7). The van der Waals surface area contributed by atoms with Gasteiger partial charge >= 0.3 is 12.1 Å².